The van der Waals surface area contributed by atoms with Gasteiger partial charge in [0.05, 0.1) is 12.1 Å². The number of amides is 1. The second kappa shape index (κ2) is 4.94. The van der Waals surface area contributed by atoms with Gasteiger partial charge in [-0.1, -0.05) is 13.8 Å². The number of carbonyl (C=O) groups is 1. The molecule has 1 aliphatic heterocycles. The Kier molecular flexibility index (Phi) is 3.73. The Morgan fingerprint density at radius 2 is 2.12 bits per heavy atom. The number of fused-ring (bicyclic) bond motifs is 1. The van der Waals surface area contributed by atoms with Crippen LogP contribution in [-0.4, -0.2) is 41.1 Å². The molecule has 0 radical (unpaired) electrons. The second-order valence-corrected chi connectivity index (χ2v) is 6.05. The highest BCUT2D eigenvalue weighted by atomic mass is 16.3. The molecule has 4 heteroatoms. The van der Waals surface area contributed by atoms with Crippen LogP contribution in [0, 0.1) is 17.8 Å². The molecule has 0 aromatic rings. The number of aliphatic hydroxyl groups is 1. The van der Waals surface area contributed by atoms with Crippen molar-refractivity contribution in [2.24, 2.45) is 23.5 Å². The SMILES string of the molecule is CC(C)C[C@@H](N)C(=O)N1CC2CCC(O)C2C1. The van der Waals surface area contributed by atoms with Gasteiger partial charge in [-0.2, -0.15) is 0 Å². The lowest BCUT2D eigenvalue weighted by molar-refractivity contribution is -0.132. The predicted molar refractivity (Wildman–Crippen MR) is 66.2 cm³/mol. The summed E-state index contributed by atoms with van der Waals surface area (Å²) in [5.74, 6) is 1.31. The first-order valence-corrected chi connectivity index (χ1v) is 6.71. The molecule has 4 nitrogen and oxygen atoms in total. The molecule has 4 atom stereocenters. The molecule has 0 bridgehead atoms. The molecule has 1 heterocycles. The summed E-state index contributed by atoms with van der Waals surface area (Å²) >= 11 is 0. The van der Waals surface area contributed by atoms with Crippen molar-refractivity contribution in [3.63, 3.8) is 0 Å². The monoisotopic (exact) mass is 240 g/mol. The highest BCUT2D eigenvalue weighted by molar-refractivity contribution is 5.82. The van der Waals surface area contributed by atoms with Gasteiger partial charge in [0.2, 0.25) is 5.91 Å². The first-order valence-electron chi connectivity index (χ1n) is 6.71. The van der Waals surface area contributed by atoms with Crippen LogP contribution in [-0.2, 0) is 4.79 Å². The molecule has 3 unspecified atom stereocenters. The highest BCUT2D eigenvalue weighted by Crippen LogP contribution is 2.38. The molecule has 1 aliphatic carbocycles. The van der Waals surface area contributed by atoms with E-state index in [1.165, 1.54) is 0 Å². The van der Waals surface area contributed by atoms with E-state index in [1.54, 1.807) is 0 Å². The maximum absolute atomic E-state index is 12.1. The number of hydrogen-bond acceptors (Lipinski definition) is 3. The van der Waals surface area contributed by atoms with Crippen molar-refractivity contribution < 1.29 is 9.90 Å². The lowest BCUT2D eigenvalue weighted by Crippen LogP contribution is -2.44. The summed E-state index contributed by atoms with van der Waals surface area (Å²) in [5.41, 5.74) is 5.93. The zero-order valence-corrected chi connectivity index (χ0v) is 10.8. The van der Waals surface area contributed by atoms with Crippen LogP contribution in [0.15, 0.2) is 0 Å². The number of aliphatic hydroxyl groups excluding tert-OH is 1. The van der Waals surface area contributed by atoms with Crippen LogP contribution in [0.5, 0.6) is 0 Å². The maximum atomic E-state index is 12.1. The molecule has 17 heavy (non-hydrogen) atoms. The predicted octanol–water partition coefficient (Wildman–Crippen LogP) is 0.589. The number of carbonyl (C=O) groups excluding carboxylic acids is 1. The van der Waals surface area contributed by atoms with Crippen LogP contribution < -0.4 is 5.73 Å². The summed E-state index contributed by atoms with van der Waals surface area (Å²) < 4.78 is 0. The molecule has 0 aromatic carbocycles. The molecular weight excluding hydrogens is 216 g/mol. The Morgan fingerprint density at radius 3 is 2.71 bits per heavy atom. The molecule has 0 aromatic heterocycles. The van der Waals surface area contributed by atoms with Crippen LogP contribution in [0.25, 0.3) is 0 Å². The van der Waals surface area contributed by atoms with Crippen LogP contribution in [0.2, 0.25) is 0 Å². The van der Waals surface area contributed by atoms with Crippen molar-refractivity contribution in [3.05, 3.63) is 0 Å². The van der Waals surface area contributed by atoms with E-state index in [4.69, 9.17) is 5.73 Å². The van der Waals surface area contributed by atoms with Gasteiger partial charge in [-0.25, -0.2) is 0 Å². The first kappa shape index (κ1) is 12.8. The molecule has 2 rings (SSSR count). The minimum Gasteiger partial charge on any atom is -0.393 e. The van der Waals surface area contributed by atoms with E-state index in [9.17, 15) is 9.90 Å². The van der Waals surface area contributed by atoms with Crippen molar-refractivity contribution in [1.29, 1.82) is 0 Å². The van der Waals surface area contributed by atoms with Crippen molar-refractivity contribution in [3.8, 4) is 0 Å². The standard InChI is InChI=1S/C13H24N2O2/c1-8(2)5-11(14)13(17)15-6-9-3-4-12(16)10(9)7-15/h8-12,16H,3-7,14H2,1-2H3/t9?,10?,11-,12?/m1/s1. The van der Waals surface area contributed by atoms with Crippen molar-refractivity contribution >= 4 is 5.91 Å². The molecular formula is C13H24N2O2. The second-order valence-electron chi connectivity index (χ2n) is 6.05. The summed E-state index contributed by atoms with van der Waals surface area (Å²) in [4.78, 5) is 14.0. The van der Waals surface area contributed by atoms with E-state index in [0.29, 0.717) is 24.3 Å². The quantitative estimate of drug-likeness (QED) is 0.758. The summed E-state index contributed by atoms with van der Waals surface area (Å²) in [6, 6.07) is -0.369. The fourth-order valence-electron chi connectivity index (χ4n) is 3.26. The molecule has 1 saturated heterocycles. The van der Waals surface area contributed by atoms with Gasteiger partial charge in [-0.05, 0) is 31.1 Å². The van der Waals surface area contributed by atoms with Gasteiger partial charge >= 0.3 is 0 Å². The van der Waals surface area contributed by atoms with Gasteiger partial charge in [0.15, 0.2) is 0 Å². The summed E-state index contributed by atoms with van der Waals surface area (Å²) in [7, 11) is 0. The highest BCUT2D eigenvalue weighted by Gasteiger charge is 2.43. The smallest absolute Gasteiger partial charge is 0.239 e. The molecule has 1 saturated carbocycles. The lowest BCUT2D eigenvalue weighted by atomic mass is 10.00. The number of nitrogens with two attached hydrogens (primary N) is 1. The Morgan fingerprint density at radius 1 is 1.41 bits per heavy atom. The van der Waals surface area contributed by atoms with E-state index in [1.807, 2.05) is 4.90 Å². The number of nitrogens with zero attached hydrogens (tertiary/aromatic N) is 1. The fraction of sp³-hybridized carbons (Fsp3) is 0.923. The minimum atomic E-state index is -0.369. The summed E-state index contributed by atoms with van der Waals surface area (Å²) in [6.07, 6.45) is 2.48. The van der Waals surface area contributed by atoms with Crippen molar-refractivity contribution in [2.45, 2.75) is 45.3 Å². The fourth-order valence-corrected chi connectivity index (χ4v) is 3.26. The Labute approximate surface area is 103 Å². The van der Waals surface area contributed by atoms with Crippen LogP contribution >= 0.6 is 0 Å². The Bertz CT molecular complexity index is 293. The third-order valence-electron chi connectivity index (χ3n) is 4.17. The summed E-state index contributed by atoms with van der Waals surface area (Å²) in [6.45, 7) is 5.66. The van der Waals surface area contributed by atoms with Gasteiger partial charge in [-0.3, -0.25) is 4.79 Å². The first-order chi connectivity index (χ1) is 7.99. The number of hydrogen-bond donors (Lipinski definition) is 2. The van der Waals surface area contributed by atoms with E-state index in [0.717, 1.165) is 25.8 Å². The van der Waals surface area contributed by atoms with E-state index in [2.05, 4.69) is 13.8 Å². The van der Waals surface area contributed by atoms with Gasteiger partial charge in [0.25, 0.3) is 0 Å². The van der Waals surface area contributed by atoms with Crippen molar-refractivity contribution in [1.82, 2.24) is 4.90 Å². The molecule has 1 amide bonds. The van der Waals surface area contributed by atoms with Crippen LogP contribution in [0.3, 0.4) is 0 Å². The zero-order chi connectivity index (χ0) is 12.6. The van der Waals surface area contributed by atoms with Crippen LogP contribution in [0.1, 0.15) is 33.1 Å². The zero-order valence-electron chi connectivity index (χ0n) is 10.8. The number of rotatable bonds is 3. The number of likely N-dealkylation sites (tertiary alicyclic amines) is 1. The normalized spacial score (nSPS) is 34.2. The molecule has 3 N–H and O–H groups in total. The van der Waals surface area contributed by atoms with Crippen molar-refractivity contribution in [2.75, 3.05) is 13.1 Å². The van der Waals surface area contributed by atoms with Gasteiger partial charge in [0.1, 0.15) is 0 Å². The van der Waals surface area contributed by atoms with E-state index in [-0.39, 0.29) is 18.1 Å². The third kappa shape index (κ3) is 2.63. The van der Waals surface area contributed by atoms with Crippen LogP contribution in [0.4, 0.5) is 0 Å². The van der Waals surface area contributed by atoms with Gasteiger partial charge in [0, 0.05) is 19.0 Å². The Balaban J connectivity index is 1.90. The maximum Gasteiger partial charge on any atom is 0.239 e. The van der Waals surface area contributed by atoms with Gasteiger partial charge in [-0.15, -0.1) is 0 Å². The summed E-state index contributed by atoms with van der Waals surface area (Å²) in [5, 5.41) is 9.81. The molecule has 98 valence electrons. The Hall–Kier alpha value is -0.610. The molecule has 2 fully saturated rings. The van der Waals surface area contributed by atoms with E-state index >= 15 is 0 Å². The topological polar surface area (TPSA) is 66.6 Å². The molecule has 0 spiro atoms. The van der Waals surface area contributed by atoms with Gasteiger partial charge < -0.3 is 15.7 Å². The van der Waals surface area contributed by atoms with E-state index < -0.39 is 0 Å². The molecule has 2 aliphatic rings. The lowest BCUT2D eigenvalue weighted by Gasteiger charge is -2.23. The minimum absolute atomic E-state index is 0.0697. The average molecular weight is 240 g/mol. The largest absolute Gasteiger partial charge is 0.393 e. The average Bonchev–Trinajstić information content (AvgIpc) is 2.79. The third-order valence-corrected chi connectivity index (χ3v) is 4.17.